The lowest BCUT2D eigenvalue weighted by Gasteiger charge is -2.25. The largest absolute Gasteiger partial charge is 0.486 e. The van der Waals surface area contributed by atoms with Gasteiger partial charge in [0.2, 0.25) is 0 Å². The summed E-state index contributed by atoms with van der Waals surface area (Å²) in [6, 6.07) is 13.5. The highest BCUT2D eigenvalue weighted by molar-refractivity contribution is 5.85. The molecule has 0 saturated carbocycles. The molecule has 0 aliphatic heterocycles. The number of halogens is 4. The number of esters is 1. The normalized spacial score (nSPS) is 15.3. The number of ether oxygens (including phenoxy) is 2. The Morgan fingerprint density at radius 2 is 1.77 bits per heavy atom. The first-order chi connectivity index (χ1) is 18.5. The summed E-state index contributed by atoms with van der Waals surface area (Å²) in [4.78, 5) is 11.7. The summed E-state index contributed by atoms with van der Waals surface area (Å²) in [5.41, 5.74) is 3.00. The lowest BCUT2D eigenvalue weighted by molar-refractivity contribution is -0.141. The summed E-state index contributed by atoms with van der Waals surface area (Å²) in [5, 5.41) is 0. The lowest BCUT2D eigenvalue weighted by Crippen LogP contribution is -2.11. The Morgan fingerprint density at radius 1 is 1.00 bits per heavy atom. The van der Waals surface area contributed by atoms with Crippen LogP contribution in [0, 0.1) is 17.0 Å². The van der Waals surface area contributed by atoms with Gasteiger partial charge in [-0.25, -0.2) is 17.6 Å². The molecule has 3 aromatic carbocycles. The Balaban J connectivity index is 1.68. The van der Waals surface area contributed by atoms with Crippen molar-refractivity contribution >= 4 is 11.5 Å². The molecule has 1 aliphatic rings. The summed E-state index contributed by atoms with van der Waals surface area (Å²) in [6.45, 7) is 5.97. The van der Waals surface area contributed by atoms with E-state index in [4.69, 9.17) is 9.47 Å². The van der Waals surface area contributed by atoms with Crippen molar-refractivity contribution in [1.82, 2.24) is 0 Å². The van der Waals surface area contributed by atoms with Gasteiger partial charge >= 0.3 is 5.97 Å². The molecule has 7 heteroatoms. The van der Waals surface area contributed by atoms with Crippen LogP contribution in [0.15, 0.2) is 60.7 Å². The molecule has 4 rings (SSSR count). The Bertz CT molecular complexity index is 1390. The molecule has 3 nitrogen and oxygen atoms in total. The van der Waals surface area contributed by atoms with E-state index in [1.165, 1.54) is 19.2 Å². The molecule has 0 amide bonds. The fraction of sp³-hybridized carbons (Fsp3) is 0.344. The molecule has 39 heavy (non-hydrogen) atoms. The number of allylic oxidation sites excluding steroid dienone is 2. The minimum absolute atomic E-state index is 0.0340. The van der Waals surface area contributed by atoms with Crippen LogP contribution in [0.25, 0.3) is 16.7 Å². The fourth-order valence-corrected chi connectivity index (χ4v) is 5.11. The van der Waals surface area contributed by atoms with Crippen molar-refractivity contribution < 1.29 is 31.8 Å². The van der Waals surface area contributed by atoms with Crippen molar-refractivity contribution in [2.45, 2.75) is 59.0 Å². The third-order valence-electron chi connectivity index (χ3n) is 7.37. The lowest BCUT2D eigenvalue weighted by atomic mass is 9.79. The van der Waals surface area contributed by atoms with Gasteiger partial charge in [0, 0.05) is 11.1 Å². The van der Waals surface area contributed by atoms with E-state index >= 15 is 4.39 Å². The van der Waals surface area contributed by atoms with Crippen molar-refractivity contribution in [1.29, 1.82) is 0 Å². The fourth-order valence-electron chi connectivity index (χ4n) is 5.11. The number of benzene rings is 3. The topological polar surface area (TPSA) is 35.5 Å². The highest BCUT2D eigenvalue weighted by Gasteiger charge is 2.30. The molecular weight excluding hydrogens is 508 g/mol. The first-order valence-corrected chi connectivity index (χ1v) is 12.9. The maximum atomic E-state index is 15.3. The second-order valence-corrected chi connectivity index (χ2v) is 10.6. The van der Waals surface area contributed by atoms with Crippen LogP contribution in [0.4, 0.5) is 17.6 Å². The van der Waals surface area contributed by atoms with Crippen molar-refractivity contribution in [3.8, 4) is 16.9 Å². The molecule has 0 fully saturated rings. The van der Waals surface area contributed by atoms with E-state index in [-0.39, 0.29) is 35.3 Å². The Morgan fingerprint density at radius 3 is 2.44 bits per heavy atom. The predicted octanol–water partition coefficient (Wildman–Crippen LogP) is 9.02. The molecule has 3 aromatic rings. The van der Waals surface area contributed by atoms with Crippen LogP contribution in [-0.4, -0.2) is 13.1 Å². The number of hydrogen-bond donors (Lipinski definition) is 0. The number of rotatable bonds is 9. The Hall–Kier alpha value is -3.61. The predicted molar refractivity (Wildman–Crippen MR) is 144 cm³/mol. The van der Waals surface area contributed by atoms with Crippen molar-refractivity contribution in [2.24, 2.45) is 5.41 Å². The van der Waals surface area contributed by atoms with Crippen LogP contribution in [0.5, 0.6) is 5.75 Å². The molecule has 0 N–H and O–H groups in total. The van der Waals surface area contributed by atoms with Crippen molar-refractivity contribution in [2.75, 3.05) is 7.11 Å². The van der Waals surface area contributed by atoms with Crippen LogP contribution in [-0.2, 0) is 16.1 Å². The van der Waals surface area contributed by atoms with Crippen molar-refractivity contribution in [3.63, 3.8) is 0 Å². The molecule has 0 spiro atoms. The van der Waals surface area contributed by atoms with Crippen LogP contribution >= 0.6 is 0 Å². The summed E-state index contributed by atoms with van der Waals surface area (Å²) in [7, 11) is 1.29. The van der Waals surface area contributed by atoms with E-state index < -0.39 is 29.9 Å². The standard InChI is InChI=1S/C32H32F4O3/c1-19(15-29(37)38-4)22-7-5-9-28(30(22)34)39-18-20-10-12-23(24(16-20)26-8-6-14-32(26,2)3)25-17-21(31(35)36)11-13-27(25)33/h5,7-13,16-17,19,31H,6,14-15,18H2,1-4H3. The smallest absolute Gasteiger partial charge is 0.306 e. The second kappa shape index (κ2) is 11.6. The van der Waals surface area contributed by atoms with Gasteiger partial charge < -0.3 is 9.47 Å². The van der Waals surface area contributed by atoms with Gasteiger partial charge in [-0.3, -0.25) is 4.79 Å². The molecule has 1 unspecified atom stereocenters. The number of methoxy groups -OCH3 is 1. The van der Waals surface area contributed by atoms with E-state index in [1.807, 2.05) is 6.07 Å². The Kier molecular flexibility index (Phi) is 8.48. The molecule has 0 bridgehead atoms. The SMILES string of the molecule is COC(=O)CC(C)c1cccc(OCc2ccc(-c3cc(C(F)F)ccc3F)c(C3=CCCC3(C)C)c2)c1F. The van der Waals surface area contributed by atoms with Gasteiger partial charge in [-0.05, 0) is 76.3 Å². The minimum atomic E-state index is -2.72. The second-order valence-electron chi connectivity index (χ2n) is 10.6. The molecule has 0 aromatic heterocycles. The number of hydrogen-bond acceptors (Lipinski definition) is 3. The summed E-state index contributed by atoms with van der Waals surface area (Å²) >= 11 is 0. The summed E-state index contributed by atoms with van der Waals surface area (Å²) < 4.78 is 67.6. The van der Waals surface area contributed by atoms with Gasteiger partial charge in [0.1, 0.15) is 12.4 Å². The maximum absolute atomic E-state index is 15.3. The van der Waals surface area contributed by atoms with E-state index in [1.54, 1.807) is 31.2 Å². The van der Waals surface area contributed by atoms with E-state index in [0.717, 1.165) is 41.7 Å². The summed E-state index contributed by atoms with van der Waals surface area (Å²) in [5.74, 6) is -1.91. The maximum Gasteiger partial charge on any atom is 0.306 e. The van der Waals surface area contributed by atoms with E-state index in [0.29, 0.717) is 11.1 Å². The third kappa shape index (κ3) is 6.18. The molecule has 0 radical (unpaired) electrons. The molecule has 0 saturated heterocycles. The molecule has 0 heterocycles. The third-order valence-corrected chi connectivity index (χ3v) is 7.37. The number of carbonyl (C=O) groups is 1. The van der Waals surface area contributed by atoms with E-state index in [2.05, 4.69) is 19.9 Å². The van der Waals surface area contributed by atoms with Crippen molar-refractivity contribution in [3.05, 3.63) is 94.6 Å². The zero-order valence-corrected chi connectivity index (χ0v) is 22.5. The first kappa shape index (κ1) is 28.4. The van der Waals surface area contributed by atoms with Crippen LogP contribution < -0.4 is 4.74 Å². The molecular formula is C32H32F4O3. The van der Waals surface area contributed by atoms with Crippen LogP contribution in [0.1, 0.15) is 74.6 Å². The van der Waals surface area contributed by atoms with Crippen LogP contribution in [0.2, 0.25) is 0 Å². The van der Waals surface area contributed by atoms with Gasteiger partial charge in [-0.15, -0.1) is 0 Å². The van der Waals surface area contributed by atoms with Gasteiger partial charge in [-0.1, -0.05) is 57.2 Å². The average molecular weight is 541 g/mol. The molecule has 1 aliphatic carbocycles. The molecule has 206 valence electrons. The van der Waals surface area contributed by atoms with Gasteiger partial charge in [0.05, 0.1) is 13.5 Å². The minimum Gasteiger partial charge on any atom is -0.486 e. The average Bonchev–Trinajstić information content (AvgIpc) is 3.26. The Labute approximate surface area is 226 Å². The first-order valence-electron chi connectivity index (χ1n) is 12.9. The molecule has 1 atom stereocenters. The highest BCUT2D eigenvalue weighted by atomic mass is 19.3. The van der Waals surface area contributed by atoms with E-state index in [9.17, 15) is 18.0 Å². The monoisotopic (exact) mass is 540 g/mol. The van der Waals surface area contributed by atoms with Gasteiger partial charge in [-0.2, -0.15) is 0 Å². The van der Waals surface area contributed by atoms with Gasteiger partial charge in [0.15, 0.2) is 11.6 Å². The summed E-state index contributed by atoms with van der Waals surface area (Å²) in [6.07, 6.45) is 1.18. The quantitative estimate of drug-likeness (QED) is 0.201. The zero-order chi connectivity index (χ0) is 28.3. The van der Waals surface area contributed by atoms with Gasteiger partial charge in [0.25, 0.3) is 6.43 Å². The van der Waals surface area contributed by atoms with Crippen LogP contribution in [0.3, 0.4) is 0 Å². The number of alkyl halides is 2. The highest BCUT2D eigenvalue weighted by Crippen LogP contribution is 2.47. The zero-order valence-electron chi connectivity index (χ0n) is 22.5. The number of carbonyl (C=O) groups excluding carboxylic acids is 1.